The molecule has 3 heterocycles. The van der Waals surface area contributed by atoms with Crippen molar-refractivity contribution in [2.24, 2.45) is 0 Å². The first-order valence-corrected chi connectivity index (χ1v) is 7.08. The Labute approximate surface area is 132 Å². The number of hydrogen-bond acceptors (Lipinski definition) is 5. The van der Waals surface area contributed by atoms with E-state index >= 15 is 0 Å². The second-order valence-corrected chi connectivity index (χ2v) is 4.98. The second kappa shape index (κ2) is 5.42. The van der Waals surface area contributed by atoms with E-state index in [1.54, 1.807) is 12.3 Å². The Balaban J connectivity index is 1.87. The van der Waals surface area contributed by atoms with Crippen molar-refractivity contribution < 1.29 is 4.74 Å². The third-order valence-corrected chi connectivity index (χ3v) is 3.47. The summed E-state index contributed by atoms with van der Waals surface area (Å²) in [6.45, 7) is 0. The van der Waals surface area contributed by atoms with Gasteiger partial charge < -0.3 is 15.5 Å². The smallest absolute Gasteiger partial charge is 0.141 e. The van der Waals surface area contributed by atoms with Crippen LogP contribution >= 0.6 is 0 Å². The first-order valence-electron chi connectivity index (χ1n) is 7.08. The average Bonchev–Trinajstić information content (AvgIpc) is 3.01. The first kappa shape index (κ1) is 13.3. The van der Waals surface area contributed by atoms with E-state index in [0.717, 1.165) is 28.0 Å². The number of nitrogens with zero attached hydrogens (tertiary/aromatic N) is 3. The minimum atomic E-state index is 0.416. The van der Waals surface area contributed by atoms with Gasteiger partial charge in [0.05, 0.1) is 11.1 Å². The number of nitrogens with two attached hydrogens (primary N) is 1. The summed E-state index contributed by atoms with van der Waals surface area (Å²) in [4.78, 5) is 15.7. The molecule has 3 N–H and O–H groups in total. The number of rotatable bonds is 3. The van der Waals surface area contributed by atoms with E-state index in [9.17, 15) is 0 Å². The van der Waals surface area contributed by atoms with Crippen molar-refractivity contribution in [3.05, 3.63) is 61.2 Å². The Morgan fingerprint density at radius 2 is 1.87 bits per heavy atom. The molecule has 112 valence electrons. The van der Waals surface area contributed by atoms with Crippen molar-refractivity contribution >= 4 is 16.9 Å². The second-order valence-electron chi connectivity index (χ2n) is 4.98. The van der Waals surface area contributed by atoms with Gasteiger partial charge in [0.1, 0.15) is 29.3 Å². The highest BCUT2D eigenvalue weighted by atomic mass is 16.5. The summed E-state index contributed by atoms with van der Waals surface area (Å²) >= 11 is 0. The first-order chi connectivity index (χ1) is 11.3. The van der Waals surface area contributed by atoms with E-state index in [-0.39, 0.29) is 0 Å². The topological polar surface area (TPSA) is 89.7 Å². The third-order valence-electron chi connectivity index (χ3n) is 3.47. The zero-order valence-electron chi connectivity index (χ0n) is 12.1. The highest BCUT2D eigenvalue weighted by Gasteiger charge is 2.14. The molecular formula is C17H13N5O. The Hall–Kier alpha value is -3.41. The fourth-order valence-corrected chi connectivity index (χ4v) is 2.45. The molecule has 1 aromatic carbocycles. The molecule has 0 saturated heterocycles. The Kier molecular flexibility index (Phi) is 3.12. The van der Waals surface area contributed by atoms with Crippen molar-refractivity contribution in [3.8, 4) is 22.8 Å². The van der Waals surface area contributed by atoms with E-state index in [1.807, 2.05) is 42.6 Å². The number of ether oxygens (including phenoxy) is 1. The van der Waals surface area contributed by atoms with Crippen LogP contribution in [0, 0.1) is 0 Å². The maximum atomic E-state index is 6.01. The fourth-order valence-electron chi connectivity index (χ4n) is 2.45. The number of pyridine rings is 1. The molecule has 23 heavy (non-hydrogen) atoms. The predicted molar refractivity (Wildman–Crippen MR) is 88.0 cm³/mol. The fraction of sp³-hybridized carbons (Fsp3) is 0. The van der Waals surface area contributed by atoms with Crippen LogP contribution in [0.1, 0.15) is 0 Å². The van der Waals surface area contributed by atoms with Gasteiger partial charge in [-0.05, 0) is 18.2 Å². The summed E-state index contributed by atoms with van der Waals surface area (Å²) in [6, 6.07) is 13.2. The van der Waals surface area contributed by atoms with Crippen LogP contribution in [-0.4, -0.2) is 19.9 Å². The number of benzene rings is 1. The number of fused-ring (bicyclic) bond motifs is 1. The molecule has 0 saturated carbocycles. The van der Waals surface area contributed by atoms with Crippen LogP contribution in [0.15, 0.2) is 61.2 Å². The van der Waals surface area contributed by atoms with Gasteiger partial charge in [0.15, 0.2) is 0 Å². The summed E-state index contributed by atoms with van der Waals surface area (Å²) < 4.78 is 6.01. The van der Waals surface area contributed by atoms with Gasteiger partial charge in [-0.15, -0.1) is 0 Å². The number of hydrogen-bond donors (Lipinski definition) is 2. The number of aromatic amines is 1. The Morgan fingerprint density at radius 1 is 1.00 bits per heavy atom. The molecule has 0 fully saturated rings. The molecule has 0 amide bonds. The molecule has 0 aliphatic carbocycles. The standard InChI is InChI=1S/C17H13N5O/c18-15-8-13(21-10-22-15)12-9-20-17-16(12)14(6-7-19-17)23-11-4-2-1-3-5-11/h1-10H,(H,19,20)(H2,18,21,22). The number of H-pyrrole nitrogens is 1. The maximum Gasteiger partial charge on any atom is 0.141 e. The highest BCUT2D eigenvalue weighted by Crippen LogP contribution is 2.35. The van der Waals surface area contributed by atoms with Gasteiger partial charge >= 0.3 is 0 Å². The van der Waals surface area contributed by atoms with Crippen LogP contribution in [0.2, 0.25) is 0 Å². The normalized spacial score (nSPS) is 10.8. The van der Waals surface area contributed by atoms with Gasteiger partial charge in [-0.1, -0.05) is 18.2 Å². The van der Waals surface area contributed by atoms with Crippen molar-refractivity contribution in [1.29, 1.82) is 0 Å². The number of para-hydroxylation sites is 1. The molecule has 4 aromatic rings. The van der Waals surface area contributed by atoms with Crippen molar-refractivity contribution in [2.45, 2.75) is 0 Å². The van der Waals surface area contributed by atoms with E-state index < -0.39 is 0 Å². The lowest BCUT2D eigenvalue weighted by Gasteiger charge is -2.08. The van der Waals surface area contributed by atoms with Crippen molar-refractivity contribution in [3.63, 3.8) is 0 Å². The van der Waals surface area contributed by atoms with Gasteiger partial charge in [-0.3, -0.25) is 0 Å². The zero-order chi connectivity index (χ0) is 15.6. The summed E-state index contributed by atoms with van der Waals surface area (Å²) in [7, 11) is 0. The third kappa shape index (κ3) is 2.46. The SMILES string of the molecule is Nc1cc(-c2c[nH]c3nccc(Oc4ccccc4)c23)ncn1. The summed E-state index contributed by atoms with van der Waals surface area (Å²) in [5.41, 5.74) is 8.08. The van der Waals surface area contributed by atoms with Crippen LogP contribution in [0.5, 0.6) is 11.5 Å². The van der Waals surface area contributed by atoms with E-state index in [0.29, 0.717) is 11.6 Å². The van der Waals surface area contributed by atoms with Crippen LogP contribution in [-0.2, 0) is 0 Å². The molecule has 0 unspecified atom stereocenters. The van der Waals surface area contributed by atoms with Crippen molar-refractivity contribution in [1.82, 2.24) is 19.9 Å². The summed E-state index contributed by atoms with van der Waals surface area (Å²) in [5.74, 6) is 1.88. The molecule has 6 nitrogen and oxygen atoms in total. The highest BCUT2D eigenvalue weighted by molar-refractivity contribution is 5.97. The number of nitrogen functional groups attached to an aromatic ring is 1. The number of nitrogens with one attached hydrogen (secondary N) is 1. The monoisotopic (exact) mass is 303 g/mol. The lowest BCUT2D eigenvalue weighted by atomic mass is 10.1. The molecule has 4 rings (SSSR count). The van der Waals surface area contributed by atoms with E-state index in [4.69, 9.17) is 10.5 Å². The largest absolute Gasteiger partial charge is 0.457 e. The van der Waals surface area contributed by atoms with Crippen LogP contribution in [0.25, 0.3) is 22.3 Å². The van der Waals surface area contributed by atoms with Gasteiger partial charge in [0.25, 0.3) is 0 Å². The number of anilines is 1. The molecular weight excluding hydrogens is 290 g/mol. The van der Waals surface area contributed by atoms with Gasteiger partial charge in [0.2, 0.25) is 0 Å². The lowest BCUT2D eigenvalue weighted by molar-refractivity contribution is 0.488. The molecule has 0 atom stereocenters. The molecule has 0 bridgehead atoms. The van der Waals surface area contributed by atoms with Gasteiger partial charge in [-0.25, -0.2) is 15.0 Å². The summed E-state index contributed by atoms with van der Waals surface area (Å²) in [5, 5.41) is 0.856. The van der Waals surface area contributed by atoms with E-state index in [2.05, 4.69) is 19.9 Å². The molecule has 0 radical (unpaired) electrons. The summed E-state index contributed by atoms with van der Waals surface area (Å²) in [6.07, 6.45) is 4.99. The maximum absolute atomic E-state index is 6.01. The molecule has 0 aliphatic rings. The van der Waals surface area contributed by atoms with Crippen molar-refractivity contribution in [2.75, 3.05) is 5.73 Å². The molecule has 6 heteroatoms. The Morgan fingerprint density at radius 3 is 2.70 bits per heavy atom. The van der Waals surface area contributed by atoms with Gasteiger partial charge in [0, 0.05) is 24.0 Å². The molecule has 3 aromatic heterocycles. The zero-order valence-corrected chi connectivity index (χ0v) is 12.1. The molecule has 0 aliphatic heterocycles. The predicted octanol–water partition coefficient (Wildman–Crippen LogP) is 3.39. The van der Waals surface area contributed by atoms with E-state index in [1.165, 1.54) is 6.33 Å². The molecule has 0 spiro atoms. The van der Waals surface area contributed by atoms with Crippen LogP contribution in [0.3, 0.4) is 0 Å². The number of aromatic nitrogens is 4. The van der Waals surface area contributed by atoms with Gasteiger partial charge in [-0.2, -0.15) is 0 Å². The van der Waals surface area contributed by atoms with Crippen LogP contribution in [0.4, 0.5) is 5.82 Å². The minimum Gasteiger partial charge on any atom is -0.457 e. The lowest BCUT2D eigenvalue weighted by Crippen LogP contribution is -1.93. The Bertz CT molecular complexity index is 965. The quantitative estimate of drug-likeness (QED) is 0.605. The van der Waals surface area contributed by atoms with Crippen LogP contribution < -0.4 is 10.5 Å². The average molecular weight is 303 g/mol. The minimum absolute atomic E-state index is 0.416.